The van der Waals surface area contributed by atoms with Gasteiger partial charge >= 0.3 is 0 Å². The van der Waals surface area contributed by atoms with Gasteiger partial charge < -0.3 is 10.1 Å². The lowest BCUT2D eigenvalue weighted by Crippen LogP contribution is -2.33. The van der Waals surface area contributed by atoms with Crippen molar-refractivity contribution < 1.29 is 13.2 Å². The molecule has 0 aromatic heterocycles. The maximum Gasteiger partial charge on any atom is 0.240 e. The molecule has 1 aromatic carbocycles. The van der Waals surface area contributed by atoms with Gasteiger partial charge in [0.05, 0.1) is 11.0 Å². The summed E-state index contributed by atoms with van der Waals surface area (Å²) in [5, 5.41) is 3.26. The molecule has 6 heteroatoms. The SMILES string of the molecule is O=S(=O)(NCC1CCCO1)c1cccc2c1CCNC2. The molecule has 0 bridgehead atoms. The molecule has 0 aliphatic carbocycles. The van der Waals surface area contributed by atoms with Crippen molar-refractivity contribution in [3.05, 3.63) is 29.3 Å². The van der Waals surface area contributed by atoms with E-state index in [2.05, 4.69) is 10.0 Å². The van der Waals surface area contributed by atoms with E-state index in [0.717, 1.165) is 50.1 Å². The Morgan fingerprint density at radius 1 is 1.40 bits per heavy atom. The summed E-state index contributed by atoms with van der Waals surface area (Å²) >= 11 is 0. The maximum atomic E-state index is 12.5. The van der Waals surface area contributed by atoms with E-state index in [1.807, 2.05) is 12.1 Å². The summed E-state index contributed by atoms with van der Waals surface area (Å²) in [7, 11) is -3.45. The van der Waals surface area contributed by atoms with E-state index >= 15 is 0 Å². The lowest BCUT2D eigenvalue weighted by Gasteiger charge is -2.20. The lowest BCUT2D eigenvalue weighted by molar-refractivity contribution is 0.114. The fourth-order valence-corrected chi connectivity index (χ4v) is 4.21. The second kappa shape index (κ2) is 5.81. The first-order chi connectivity index (χ1) is 9.67. The van der Waals surface area contributed by atoms with Gasteiger partial charge in [0.1, 0.15) is 0 Å². The van der Waals surface area contributed by atoms with Gasteiger partial charge in [-0.25, -0.2) is 13.1 Å². The van der Waals surface area contributed by atoms with Crippen LogP contribution in [-0.4, -0.2) is 34.2 Å². The molecule has 0 spiro atoms. The minimum atomic E-state index is -3.45. The molecular formula is C14H20N2O3S. The molecule has 110 valence electrons. The van der Waals surface area contributed by atoms with Gasteiger partial charge in [-0.3, -0.25) is 0 Å². The summed E-state index contributed by atoms with van der Waals surface area (Å²) in [5.41, 5.74) is 2.03. The summed E-state index contributed by atoms with van der Waals surface area (Å²) < 4.78 is 33.1. The van der Waals surface area contributed by atoms with Crippen molar-refractivity contribution in [3.8, 4) is 0 Å². The van der Waals surface area contributed by atoms with Crippen LogP contribution in [0.5, 0.6) is 0 Å². The molecule has 2 heterocycles. The molecule has 3 rings (SSSR count). The van der Waals surface area contributed by atoms with E-state index in [9.17, 15) is 8.42 Å². The molecule has 1 aromatic rings. The molecule has 5 nitrogen and oxygen atoms in total. The van der Waals surface area contributed by atoms with Crippen molar-refractivity contribution in [1.29, 1.82) is 0 Å². The Hall–Kier alpha value is -0.950. The third-order valence-corrected chi connectivity index (χ3v) is 5.42. The molecular weight excluding hydrogens is 276 g/mol. The molecule has 0 amide bonds. The summed E-state index contributed by atoms with van der Waals surface area (Å²) in [4.78, 5) is 0.425. The van der Waals surface area contributed by atoms with Gasteiger partial charge in [0.25, 0.3) is 0 Å². The average molecular weight is 296 g/mol. The quantitative estimate of drug-likeness (QED) is 0.862. The van der Waals surface area contributed by atoms with Gasteiger partial charge in [-0.15, -0.1) is 0 Å². The smallest absolute Gasteiger partial charge is 0.240 e. The molecule has 2 N–H and O–H groups in total. The largest absolute Gasteiger partial charge is 0.377 e. The van der Waals surface area contributed by atoms with Crippen molar-refractivity contribution in [3.63, 3.8) is 0 Å². The van der Waals surface area contributed by atoms with E-state index in [0.29, 0.717) is 11.4 Å². The number of fused-ring (bicyclic) bond motifs is 1. The van der Waals surface area contributed by atoms with E-state index < -0.39 is 10.0 Å². The van der Waals surface area contributed by atoms with E-state index in [1.165, 1.54) is 0 Å². The Morgan fingerprint density at radius 3 is 3.10 bits per heavy atom. The van der Waals surface area contributed by atoms with Crippen LogP contribution in [0.1, 0.15) is 24.0 Å². The third-order valence-electron chi connectivity index (χ3n) is 3.91. The summed E-state index contributed by atoms with van der Waals surface area (Å²) in [6.07, 6.45) is 2.72. The number of nitrogens with one attached hydrogen (secondary N) is 2. The van der Waals surface area contributed by atoms with Crippen LogP contribution >= 0.6 is 0 Å². The Bertz CT molecular complexity index is 580. The van der Waals surface area contributed by atoms with Crippen LogP contribution in [-0.2, 0) is 27.7 Å². The van der Waals surface area contributed by atoms with Crippen molar-refractivity contribution in [2.45, 2.75) is 36.8 Å². The summed E-state index contributed by atoms with van der Waals surface area (Å²) in [5.74, 6) is 0. The zero-order chi connectivity index (χ0) is 14.0. The van der Waals surface area contributed by atoms with Gasteiger partial charge in [-0.1, -0.05) is 12.1 Å². The number of hydrogen-bond acceptors (Lipinski definition) is 4. The van der Waals surface area contributed by atoms with Crippen LogP contribution in [0.2, 0.25) is 0 Å². The Balaban J connectivity index is 1.80. The first-order valence-electron chi connectivity index (χ1n) is 7.09. The zero-order valence-electron chi connectivity index (χ0n) is 11.4. The average Bonchev–Trinajstić information content (AvgIpc) is 2.98. The Morgan fingerprint density at radius 2 is 2.30 bits per heavy atom. The number of hydrogen-bond donors (Lipinski definition) is 2. The molecule has 0 radical (unpaired) electrons. The zero-order valence-corrected chi connectivity index (χ0v) is 12.2. The van der Waals surface area contributed by atoms with Crippen LogP contribution in [0.15, 0.2) is 23.1 Å². The van der Waals surface area contributed by atoms with Crippen molar-refractivity contribution in [1.82, 2.24) is 10.0 Å². The molecule has 2 aliphatic heterocycles. The van der Waals surface area contributed by atoms with Crippen LogP contribution < -0.4 is 10.0 Å². The molecule has 0 saturated carbocycles. The van der Waals surface area contributed by atoms with Gasteiger partial charge in [0, 0.05) is 19.7 Å². The Labute approximate surface area is 119 Å². The highest BCUT2D eigenvalue weighted by Gasteiger charge is 2.24. The molecule has 1 unspecified atom stereocenters. The first kappa shape index (κ1) is 14.0. The van der Waals surface area contributed by atoms with Gasteiger partial charge in [-0.05, 0) is 43.0 Å². The first-order valence-corrected chi connectivity index (χ1v) is 8.58. The number of rotatable bonds is 4. The van der Waals surface area contributed by atoms with E-state index in [1.54, 1.807) is 6.07 Å². The topological polar surface area (TPSA) is 67.4 Å². The van der Waals surface area contributed by atoms with Crippen molar-refractivity contribution in [2.75, 3.05) is 19.7 Å². The van der Waals surface area contributed by atoms with Gasteiger partial charge in [0.15, 0.2) is 0 Å². The van der Waals surface area contributed by atoms with Crippen LogP contribution in [0.3, 0.4) is 0 Å². The van der Waals surface area contributed by atoms with Crippen LogP contribution in [0.25, 0.3) is 0 Å². The predicted molar refractivity (Wildman–Crippen MR) is 76.0 cm³/mol. The van der Waals surface area contributed by atoms with Gasteiger partial charge in [-0.2, -0.15) is 0 Å². The lowest BCUT2D eigenvalue weighted by atomic mass is 10.0. The monoisotopic (exact) mass is 296 g/mol. The summed E-state index contributed by atoms with van der Waals surface area (Å²) in [6, 6.07) is 5.50. The number of benzene rings is 1. The highest BCUT2D eigenvalue weighted by molar-refractivity contribution is 7.89. The predicted octanol–water partition coefficient (Wildman–Crippen LogP) is 0.790. The minimum absolute atomic E-state index is 0.0194. The molecule has 20 heavy (non-hydrogen) atoms. The highest BCUT2D eigenvalue weighted by atomic mass is 32.2. The number of sulfonamides is 1. The highest BCUT2D eigenvalue weighted by Crippen LogP contribution is 2.23. The van der Waals surface area contributed by atoms with E-state index in [-0.39, 0.29) is 6.10 Å². The second-order valence-electron chi connectivity index (χ2n) is 5.31. The fourth-order valence-electron chi connectivity index (χ4n) is 2.83. The third kappa shape index (κ3) is 2.88. The van der Waals surface area contributed by atoms with Crippen molar-refractivity contribution >= 4 is 10.0 Å². The maximum absolute atomic E-state index is 12.5. The Kier molecular flexibility index (Phi) is 4.07. The molecule has 1 atom stereocenters. The van der Waals surface area contributed by atoms with Gasteiger partial charge in [0.2, 0.25) is 10.0 Å². The van der Waals surface area contributed by atoms with Crippen LogP contribution in [0.4, 0.5) is 0 Å². The van der Waals surface area contributed by atoms with E-state index in [4.69, 9.17) is 4.74 Å². The second-order valence-corrected chi connectivity index (χ2v) is 7.04. The molecule has 1 saturated heterocycles. The standard InChI is InChI=1S/C14H20N2O3S/c17-20(18,16-10-12-4-2-8-19-12)14-5-1-3-11-9-15-7-6-13(11)14/h1,3,5,12,15-16H,2,4,6-10H2. The number of ether oxygens (including phenoxy) is 1. The van der Waals surface area contributed by atoms with Crippen molar-refractivity contribution in [2.24, 2.45) is 0 Å². The van der Waals surface area contributed by atoms with Crippen LogP contribution in [0, 0.1) is 0 Å². The summed E-state index contributed by atoms with van der Waals surface area (Å²) in [6.45, 7) is 2.67. The normalized spacial score (nSPS) is 22.7. The fraction of sp³-hybridized carbons (Fsp3) is 0.571. The molecule has 2 aliphatic rings. The minimum Gasteiger partial charge on any atom is -0.377 e. The molecule has 1 fully saturated rings.